The second-order valence-corrected chi connectivity index (χ2v) is 5.79. The van der Waals surface area contributed by atoms with E-state index in [1.54, 1.807) is 6.20 Å². The molecule has 3 rings (SSSR count). The second-order valence-electron chi connectivity index (χ2n) is 5.79. The molecule has 1 aromatic carbocycles. The Kier molecular flexibility index (Phi) is 4.36. The molecule has 0 saturated heterocycles. The largest absolute Gasteiger partial charge is 0.392 e. The van der Waals surface area contributed by atoms with Crippen LogP contribution in [-0.4, -0.2) is 27.1 Å². The van der Waals surface area contributed by atoms with Crippen molar-refractivity contribution in [1.82, 2.24) is 9.78 Å². The van der Waals surface area contributed by atoms with Crippen LogP contribution in [0.15, 0.2) is 42.6 Å². The van der Waals surface area contributed by atoms with Crippen LogP contribution in [0.4, 0.5) is 0 Å². The molecule has 1 fully saturated rings. The first-order valence-corrected chi connectivity index (χ1v) is 7.55. The van der Waals surface area contributed by atoms with Gasteiger partial charge in [-0.15, -0.1) is 0 Å². The van der Waals surface area contributed by atoms with E-state index in [0.717, 1.165) is 18.5 Å². The van der Waals surface area contributed by atoms with E-state index in [1.807, 2.05) is 36.0 Å². The summed E-state index contributed by atoms with van der Waals surface area (Å²) in [6.07, 6.45) is 4.21. The quantitative estimate of drug-likeness (QED) is 0.940. The van der Waals surface area contributed by atoms with Gasteiger partial charge >= 0.3 is 0 Å². The SMILES string of the molecule is Cn1nccc1[C@H]1CC[C@H](OCc2ccccc2)C[C@@H]1O. The number of rotatable bonds is 4. The molecule has 1 N–H and O–H groups in total. The number of ether oxygens (including phenoxy) is 1. The summed E-state index contributed by atoms with van der Waals surface area (Å²) in [5.74, 6) is 0.175. The third kappa shape index (κ3) is 3.34. The first kappa shape index (κ1) is 14.3. The Balaban J connectivity index is 1.55. The fraction of sp³-hybridized carbons (Fsp3) is 0.471. The van der Waals surface area contributed by atoms with Crippen molar-refractivity contribution in [2.24, 2.45) is 7.05 Å². The third-order valence-electron chi connectivity index (χ3n) is 4.34. The Hall–Kier alpha value is -1.65. The average Bonchev–Trinajstić information content (AvgIpc) is 2.92. The molecule has 3 atom stereocenters. The van der Waals surface area contributed by atoms with Gasteiger partial charge in [0, 0.05) is 31.3 Å². The van der Waals surface area contributed by atoms with Crippen molar-refractivity contribution in [3.8, 4) is 0 Å². The van der Waals surface area contributed by atoms with Gasteiger partial charge in [0.2, 0.25) is 0 Å². The first-order chi connectivity index (χ1) is 10.2. The number of aromatic nitrogens is 2. The highest BCUT2D eigenvalue weighted by molar-refractivity contribution is 5.14. The van der Waals surface area contributed by atoms with Crippen LogP contribution in [0.3, 0.4) is 0 Å². The van der Waals surface area contributed by atoms with E-state index in [-0.39, 0.29) is 18.1 Å². The van der Waals surface area contributed by atoms with Gasteiger partial charge in [-0.1, -0.05) is 30.3 Å². The van der Waals surface area contributed by atoms with Crippen LogP contribution in [-0.2, 0) is 18.4 Å². The molecule has 1 aliphatic carbocycles. The monoisotopic (exact) mass is 286 g/mol. The molecule has 0 radical (unpaired) electrons. The second kappa shape index (κ2) is 6.41. The molecule has 0 bridgehead atoms. The molecular weight excluding hydrogens is 264 g/mol. The van der Waals surface area contributed by atoms with E-state index in [9.17, 15) is 5.11 Å². The van der Waals surface area contributed by atoms with Crippen molar-refractivity contribution in [3.05, 3.63) is 53.9 Å². The van der Waals surface area contributed by atoms with E-state index in [1.165, 1.54) is 5.56 Å². The van der Waals surface area contributed by atoms with Gasteiger partial charge in [0.05, 0.1) is 18.8 Å². The summed E-state index contributed by atoms with van der Waals surface area (Å²) in [6.45, 7) is 0.620. The van der Waals surface area contributed by atoms with Gasteiger partial charge in [-0.3, -0.25) is 4.68 Å². The highest BCUT2D eigenvalue weighted by atomic mass is 16.5. The minimum Gasteiger partial charge on any atom is -0.392 e. The molecule has 1 aliphatic rings. The molecule has 1 saturated carbocycles. The van der Waals surface area contributed by atoms with E-state index < -0.39 is 0 Å². The lowest BCUT2D eigenvalue weighted by atomic mass is 9.82. The van der Waals surface area contributed by atoms with Gasteiger partial charge in [0.1, 0.15) is 0 Å². The molecule has 0 amide bonds. The lowest BCUT2D eigenvalue weighted by Crippen LogP contribution is -2.33. The molecule has 4 nitrogen and oxygen atoms in total. The molecule has 1 aromatic heterocycles. The first-order valence-electron chi connectivity index (χ1n) is 7.55. The third-order valence-corrected chi connectivity index (χ3v) is 4.34. The highest BCUT2D eigenvalue weighted by Gasteiger charge is 2.32. The van der Waals surface area contributed by atoms with Crippen LogP contribution in [0.1, 0.15) is 36.4 Å². The lowest BCUT2D eigenvalue weighted by Gasteiger charge is -2.33. The molecule has 0 unspecified atom stereocenters. The molecule has 2 aromatic rings. The number of aliphatic hydroxyl groups excluding tert-OH is 1. The summed E-state index contributed by atoms with van der Waals surface area (Å²) in [4.78, 5) is 0. The zero-order chi connectivity index (χ0) is 14.7. The fourth-order valence-electron chi connectivity index (χ4n) is 3.14. The van der Waals surface area contributed by atoms with Crippen LogP contribution in [0.5, 0.6) is 0 Å². The Morgan fingerprint density at radius 2 is 2.05 bits per heavy atom. The molecule has 4 heteroatoms. The maximum atomic E-state index is 10.4. The zero-order valence-electron chi connectivity index (χ0n) is 12.4. The fourth-order valence-corrected chi connectivity index (χ4v) is 3.14. The molecular formula is C17H22N2O2. The van der Waals surface area contributed by atoms with Crippen LogP contribution in [0, 0.1) is 0 Å². The summed E-state index contributed by atoms with van der Waals surface area (Å²) in [5, 5.41) is 14.6. The zero-order valence-corrected chi connectivity index (χ0v) is 12.4. The molecule has 1 heterocycles. The predicted molar refractivity (Wildman–Crippen MR) is 80.8 cm³/mol. The van der Waals surface area contributed by atoms with E-state index in [0.29, 0.717) is 13.0 Å². The van der Waals surface area contributed by atoms with Crippen molar-refractivity contribution in [2.75, 3.05) is 0 Å². The number of aliphatic hydroxyl groups is 1. The van der Waals surface area contributed by atoms with Crippen LogP contribution in [0.2, 0.25) is 0 Å². The summed E-state index contributed by atoms with van der Waals surface area (Å²) < 4.78 is 7.81. The minimum absolute atomic E-state index is 0.143. The van der Waals surface area contributed by atoms with Crippen LogP contribution >= 0.6 is 0 Å². The maximum Gasteiger partial charge on any atom is 0.0720 e. The van der Waals surface area contributed by atoms with Gasteiger partial charge in [-0.25, -0.2) is 0 Å². The Morgan fingerprint density at radius 1 is 1.24 bits per heavy atom. The number of hydrogen-bond acceptors (Lipinski definition) is 3. The molecule has 21 heavy (non-hydrogen) atoms. The van der Waals surface area contributed by atoms with Crippen molar-refractivity contribution in [1.29, 1.82) is 0 Å². The van der Waals surface area contributed by atoms with Crippen molar-refractivity contribution in [2.45, 2.75) is 44.0 Å². The molecule has 0 spiro atoms. The topological polar surface area (TPSA) is 47.3 Å². The van der Waals surface area contributed by atoms with Crippen LogP contribution < -0.4 is 0 Å². The predicted octanol–water partition coefficient (Wildman–Crippen LogP) is 2.63. The Labute approximate surface area is 125 Å². The summed E-state index contributed by atoms with van der Waals surface area (Å²) >= 11 is 0. The molecule has 0 aliphatic heterocycles. The van der Waals surface area contributed by atoms with Gasteiger partial charge in [-0.05, 0) is 24.5 Å². The maximum absolute atomic E-state index is 10.4. The van der Waals surface area contributed by atoms with E-state index in [2.05, 4.69) is 17.2 Å². The number of benzene rings is 1. The Morgan fingerprint density at radius 3 is 2.71 bits per heavy atom. The summed E-state index contributed by atoms with van der Waals surface area (Å²) in [6, 6.07) is 12.2. The normalized spacial score (nSPS) is 25.9. The van der Waals surface area contributed by atoms with Crippen LogP contribution in [0.25, 0.3) is 0 Å². The number of hydrogen-bond donors (Lipinski definition) is 1. The summed E-state index contributed by atoms with van der Waals surface area (Å²) in [7, 11) is 1.93. The van der Waals surface area contributed by atoms with Gasteiger partial charge in [-0.2, -0.15) is 5.10 Å². The van der Waals surface area contributed by atoms with Gasteiger partial charge in [0.25, 0.3) is 0 Å². The van der Waals surface area contributed by atoms with Crippen molar-refractivity contribution < 1.29 is 9.84 Å². The highest BCUT2D eigenvalue weighted by Crippen LogP contribution is 2.34. The molecule has 112 valence electrons. The van der Waals surface area contributed by atoms with Crippen molar-refractivity contribution >= 4 is 0 Å². The smallest absolute Gasteiger partial charge is 0.0720 e. The Bertz CT molecular complexity index is 567. The van der Waals surface area contributed by atoms with Crippen molar-refractivity contribution in [3.63, 3.8) is 0 Å². The summed E-state index contributed by atoms with van der Waals surface area (Å²) in [5.41, 5.74) is 2.30. The van der Waals surface area contributed by atoms with Gasteiger partial charge < -0.3 is 9.84 Å². The number of nitrogens with zero attached hydrogens (tertiary/aromatic N) is 2. The minimum atomic E-state index is -0.352. The average molecular weight is 286 g/mol. The van der Waals surface area contributed by atoms with E-state index in [4.69, 9.17) is 4.74 Å². The standard InChI is InChI=1S/C17H22N2O2/c1-19-16(9-10-18-19)15-8-7-14(11-17(15)20)21-12-13-5-3-2-4-6-13/h2-6,9-10,14-15,17,20H,7-8,11-12H2,1H3/t14-,15+,17-/m0/s1. The lowest BCUT2D eigenvalue weighted by molar-refractivity contribution is -0.0323. The van der Waals surface area contributed by atoms with Gasteiger partial charge in [0.15, 0.2) is 0 Å². The number of aryl methyl sites for hydroxylation is 1. The van der Waals surface area contributed by atoms with E-state index >= 15 is 0 Å².